The zero-order valence-electron chi connectivity index (χ0n) is 16.1. The third-order valence-electron chi connectivity index (χ3n) is 4.47. The molecule has 0 unspecified atom stereocenters. The Bertz CT molecular complexity index is 902. The molecular weight excluding hydrogens is 372 g/mol. The second kappa shape index (κ2) is 9.53. The number of anilines is 2. The number of aromatic nitrogens is 2. The van der Waals surface area contributed by atoms with Crippen molar-refractivity contribution in [2.45, 2.75) is 26.4 Å². The fraction of sp³-hybridized carbons (Fsp3) is 0.273. The maximum atomic E-state index is 9.65. The van der Waals surface area contributed by atoms with Gasteiger partial charge < -0.3 is 15.7 Å². The largest absolute Gasteiger partial charge is 0.394 e. The monoisotopic (exact) mass is 396 g/mol. The number of aliphatic hydroxyl groups excluding tert-OH is 1. The summed E-state index contributed by atoms with van der Waals surface area (Å²) in [5.74, 6) is 1.44. The normalized spacial score (nSPS) is 12.0. The second-order valence-electron chi connectivity index (χ2n) is 6.99. The van der Waals surface area contributed by atoms with Crippen LogP contribution in [0.25, 0.3) is 11.3 Å². The Labute approximate surface area is 170 Å². The van der Waals surface area contributed by atoms with Gasteiger partial charge in [-0.25, -0.2) is 4.98 Å². The smallest absolute Gasteiger partial charge is 0.225 e. The van der Waals surface area contributed by atoms with Crippen LogP contribution in [0.3, 0.4) is 0 Å². The molecule has 0 saturated carbocycles. The molecule has 0 radical (unpaired) electrons. The summed E-state index contributed by atoms with van der Waals surface area (Å²) in [6.07, 6.45) is 0. The van der Waals surface area contributed by atoms with Crippen molar-refractivity contribution in [3.05, 3.63) is 71.2 Å². The fourth-order valence-electron chi connectivity index (χ4n) is 2.79. The maximum absolute atomic E-state index is 9.65. The van der Waals surface area contributed by atoms with E-state index in [0.29, 0.717) is 23.3 Å². The van der Waals surface area contributed by atoms with Gasteiger partial charge in [0.2, 0.25) is 5.95 Å². The van der Waals surface area contributed by atoms with E-state index in [-0.39, 0.29) is 18.6 Å². The van der Waals surface area contributed by atoms with Gasteiger partial charge in [-0.1, -0.05) is 67.9 Å². The van der Waals surface area contributed by atoms with Gasteiger partial charge in [0.05, 0.1) is 18.3 Å². The van der Waals surface area contributed by atoms with E-state index >= 15 is 0 Å². The number of aliphatic hydroxyl groups is 1. The number of rotatable bonds is 8. The molecule has 0 spiro atoms. The molecule has 2 aromatic carbocycles. The van der Waals surface area contributed by atoms with E-state index in [9.17, 15) is 5.11 Å². The molecule has 0 amide bonds. The summed E-state index contributed by atoms with van der Waals surface area (Å²) in [4.78, 5) is 9.24. The predicted molar refractivity (Wildman–Crippen MR) is 116 cm³/mol. The first-order valence-corrected chi connectivity index (χ1v) is 9.73. The van der Waals surface area contributed by atoms with Crippen molar-refractivity contribution in [2.24, 2.45) is 5.92 Å². The number of nitrogens with one attached hydrogen (secondary N) is 2. The zero-order valence-corrected chi connectivity index (χ0v) is 16.8. The highest BCUT2D eigenvalue weighted by molar-refractivity contribution is 6.30. The Morgan fingerprint density at radius 2 is 1.79 bits per heavy atom. The molecule has 3 aromatic rings. The molecule has 0 fully saturated rings. The Morgan fingerprint density at radius 3 is 2.46 bits per heavy atom. The molecule has 6 heteroatoms. The van der Waals surface area contributed by atoms with Crippen LogP contribution in [0.2, 0.25) is 5.02 Å². The number of hydrogen-bond acceptors (Lipinski definition) is 5. The Morgan fingerprint density at radius 1 is 1.00 bits per heavy atom. The maximum Gasteiger partial charge on any atom is 0.225 e. The van der Waals surface area contributed by atoms with Gasteiger partial charge in [0.15, 0.2) is 0 Å². The molecule has 0 aliphatic rings. The molecule has 1 aromatic heterocycles. The van der Waals surface area contributed by atoms with Gasteiger partial charge >= 0.3 is 0 Å². The van der Waals surface area contributed by atoms with Gasteiger partial charge in [-0.05, 0) is 23.6 Å². The first-order chi connectivity index (χ1) is 13.5. The predicted octanol–water partition coefficient (Wildman–Crippen LogP) is 4.84. The van der Waals surface area contributed by atoms with E-state index in [1.54, 1.807) is 0 Å². The number of hydrogen-bond donors (Lipinski definition) is 3. The van der Waals surface area contributed by atoms with Gasteiger partial charge in [0, 0.05) is 23.2 Å². The summed E-state index contributed by atoms with van der Waals surface area (Å²) in [5, 5.41) is 17.0. The summed E-state index contributed by atoms with van der Waals surface area (Å²) in [7, 11) is 0. The summed E-state index contributed by atoms with van der Waals surface area (Å²) in [6, 6.07) is 19.5. The molecule has 0 aliphatic heterocycles. The van der Waals surface area contributed by atoms with Crippen molar-refractivity contribution in [3.8, 4) is 11.3 Å². The van der Waals surface area contributed by atoms with E-state index in [4.69, 9.17) is 11.6 Å². The molecule has 1 atom stereocenters. The van der Waals surface area contributed by atoms with E-state index in [0.717, 1.165) is 16.8 Å². The molecular formula is C22H25ClN4O. The molecule has 0 bridgehead atoms. The summed E-state index contributed by atoms with van der Waals surface area (Å²) in [5.41, 5.74) is 2.88. The van der Waals surface area contributed by atoms with Crippen molar-refractivity contribution in [3.63, 3.8) is 0 Å². The van der Waals surface area contributed by atoms with Crippen LogP contribution in [0, 0.1) is 5.92 Å². The molecule has 0 saturated heterocycles. The van der Waals surface area contributed by atoms with Crippen molar-refractivity contribution in [1.29, 1.82) is 0 Å². The third-order valence-corrected chi connectivity index (χ3v) is 4.71. The summed E-state index contributed by atoms with van der Waals surface area (Å²) >= 11 is 6.07. The standard InChI is InChI=1S/C22H25ClN4O/c1-15(2)20(14-28)26-22-25-19(17-8-4-3-5-9-17)12-21(27-22)24-13-16-7-6-10-18(23)11-16/h3-12,15,20,28H,13-14H2,1-2H3,(H2,24,25,26,27)/t20-/m1/s1. The SMILES string of the molecule is CC(C)[C@@H](CO)Nc1nc(NCc2cccc(Cl)c2)cc(-c2ccccc2)n1. The Kier molecular flexibility index (Phi) is 6.85. The van der Waals surface area contributed by atoms with Gasteiger partial charge in [0.25, 0.3) is 0 Å². The molecule has 146 valence electrons. The molecule has 1 heterocycles. The van der Waals surface area contributed by atoms with Gasteiger partial charge in [-0.3, -0.25) is 0 Å². The van der Waals surface area contributed by atoms with Crippen LogP contribution in [0.5, 0.6) is 0 Å². The second-order valence-corrected chi connectivity index (χ2v) is 7.43. The Hall–Kier alpha value is -2.63. The summed E-state index contributed by atoms with van der Waals surface area (Å²) < 4.78 is 0. The molecule has 3 N–H and O–H groups in total. The van der Waals surface area contributed by atoms with E-state index in [1.165, 1.54) is 0 Å². The average molecular weight is 397 g/mol. The van der Waals surface area contributed by atoms with Crippen LogP contribution in [0.4, 0.5) is 11.8 Å². The first kappa shape index (κ1) is 20.1. The minimum absolute atomic E-state index is 0.0157. The van der Waals surface area contributed by atoms with Gasteiger partial charge in [-0.2, -0.15) is 4.98 Å². The van der Waals surface area contributed by atoms with Crippen LogP contribution in [-0.4, -0.2) is 27.7 Å². The lowest BCUT2D eigenvalue weighted by Gasteiger charge is -2.20. The molecule has 3 rings (SSSR count). The minimum Gasteiger partial charge on any atom is -0.394 e. The lowest BCUT2D eigenvalue weighted by atomic mass is 10.1. The number of benzene rings is 2. The molecule has 28 heavy (non-hydrogen) atoms. The van der Waals surface area contributed by atoms with Crippen LogP contribution in [0.1, 0.15) is 19.4 Å². The van der Waals surface area contributed by atoms with Crippen molar-refractivity contribution in [1.82, 2.24) is 9.97 Å². The van der Waals surface area contributed by atoms with E-state index < -0.39 is 0 Å². The third kappa shape index (κ3) is 5.44. The van der Waals surface area contributed by atoms with E-state index in [1.807, 2.05) is 74.5 Å². The highest BCUT2D eigenvalue weighted by atomic mass is 35.5. The van der Waals surface area contributed by atoms with Crippen molar-refractivity contribution in [2.75, 3.05) is 17.2 Å². The first-order valence-electron chi connectivity index (χ1n) is 9.35. The lowest BCUT2D eigenvalue weighted by Crippen LogP contribution is -2.30. The van der Waals surface area contributed by atoms with Crippen molar-refractivity contribution >= 4 is 23.4 Å². The zero-order chi connectivity index (χ0) is 19.9. The highest BCUT2D eigenvalue weighted by Crippen LogP contribution is 2.23. The van der Waals surface area contributed by atoms with Crippen LogP contribution in [-0.2, 0) is 6.54 Å². The fourth-order valence-corrected chi connectivity index (χ4v) is 3.00. The van der Waals surface area contributed by atoms with Gasteiger partial charge in [-0.15, -0.1) is 0 Å². The van der Waals surface area contributed by atoms with E-state index in [2.05, 4.69) is 20.6 Å². The molecule has 0 aliphatic carbocycles. The topological polar surface area (TPSA) is 70.1 Å². The number of nitrogens with zero attached hydrogens (tertiary/aromatic N) is 2. The van der Waals surface area contributed by atoms with Crippen molar-refractivity contribution < 1.29 is 5.11 Å². The molecule has 5 nitrogen and oxygen atoms in total. The van der Waals surface area contributed by atoms with Gasteiger partial charge in [0.1, 0.15) is 5.82 Å². The van der Waals surface area contributed by atoms with Crippen LogP contribution >= 0.6 is 11.6 Å². The Balaban J connectivity index is 1.88. The average Bonchev–Trinajstić information content (AvgIpc) is 2.71. The summed E-state index contributed by atoms with van der Waals surface area (Å²) in [6.45, 7) is 4.71. The minimum atomic E-state index is -0.119. The van der Waals surface area contributed by atoms with Crippen LogP contribution < -0.4 is 10.6 Å². The highest BCUT2D eigenvalue weighted by Gasteiger charge is 2.15. The number of halogens is 1. The lowest BCUT2D eigenvalue weighted by molar-refractivity contribution is 0.248. The quantitative estimate of drug-likeness (QED) is 0.508. The van der Waals surface area contributed by atoms with Crippen LogP contribution in [0.15, 0.2) is 60.7 Å².